The second-order valence-corrected chi connectivity index (χ2v) is 3.95. The molecule has 0 aliphatic rings. The molecule has 0 radical (unpaired) electrons. The summed E-state index contributed by atoms with van der Waals surface area (Å²) in [4.78, 5) is 2.25. The number of hydrogen-bond acceptors (Lipinski definition) is 2. The molecule has 2 nitrogen and oxygen atoms in total. The fourth-order valence-corrected chi connectivity index (χ4v) is 1.90. The average Bonchev–Trinajstić information content (AvgIpc) is 2.26. The molecular weight excluding hydrogens is 210 g/mol. The van der Waals surface area contributed by atoms with Gasteiger partial charge < -0.3 is 10.0 Å². The molecule has 0 saturated heterocycles. The van der Waals surface area contributed by atoms with Crippen LogP contribution in [0.2, 0.25) is 5.02 Å². The highest BCUT2D eigenvalue weighted by Gasteiger charge is 2.08. The molecule has 0 aliphatic heterocycles. The number of rotatable bonds is 5. The molecule has 0 fully saturated rings. The Kier molecular flexibility index (Phi) is 4.92. The Morgan fingerprint density at radius 1 is 1.33 bits per heavy atom. The maximum Gasteiger partial charge on any atom is 0.0702 e. The lowest BCUT2D eigenvalue weighted by molar-refractivity contribution is 0.282. The minimum atomic E-state index is 0.0378. The number of hydrogen-bond donors (Lipinski definition) is 1. The van der Waals surface area contributed by atoms with E-state index in [9.17, 15) is 5.11 Å². The molecule has 0 heterocycles. The lowest BCUT2D eigenvalue weighted by Gasteiger charge is -2.24. The molecule has 0 aromatic heterocycles. The van der Waals surface area contributed by atoms with Crippen molar-refractivity contribution in [2.24, 2.45) is 0 Å². The fraction of sp³-hybridized carbons (Fsp3) is 0.500. The van der Waals surface area contributed by atoms with Crippen LogP contribution in [0, 0.1) is 0 Å². The number of anilines is 1. The van der Waals surface area contributed by atoms with E-state index in [2.05, 4.69) is 18.7 Å². The summed E-state index contributed by atoms with van der Waals surface area (Å²) in [6, 6.07) is 5.68. The standard InChI is InChI=1S/C12H18ClNO/c1-3-7-14(4-2)12-6-5-11(13)8-10(12)9-15/h5-6,8,15H,3-4,7,9H2,1-2H3. The summed E-state index contributed by atoms with van der Waals surface area (Å²) in [6.07, 6.45) is 1.10. The van der Waals surface area contributed by atoms with Crippen molar-refractivity contribution >= 4 is 17.3 Å². The third-order valence-electron chi connectivity index (χ3n) is 2.43. The Labute approximate surface area is 96.5 Å². The van der Waals surface area contributed by atoms with E-state index in [1.165, 1.54) is 0 Å². The lowest BCUT2D eigenvalue weighted by Crippen LogP contribution is -2.24. The van der Waals surface area contributed by atoms with Gasteiger partial charge in [0.1, 0.15) is 0 Å². The predicted octanol–water partition coefficient (Wildman–Crippen LogP) is 3.07. The van der Waals surface area contributed by atoms with Crippen molar-refractivity contribution in [3.63, 3.8) is 0 Å². The summed E-state index contributed by atoms with van der Waals surface area (Å²) < 4.78 is 0. The van der Waals surface area contributed by atoms with E-state index >= 15 is 0 Å². The van der Waals surface area contributed by atoms with Gasteiger partial charge in [-0.2, -0.15) is 0 Å². The summed E-state index contributed by atoms with van der Waals surface area (Å²) in [6.45, 7) is 6.26. The largest absolute Gasteiger partial charge is 0.392 e. The van der Waals surface area contributed by atoms with Crippen LogP contribution in [0.25, 0.3) is 0 Å². The smallest absolute Gasteiger partial charge is 0.0702 e. The van der Waals surface area contributed by atoms with Crippen LogP contribution in [0.1, 0.15) is 25.8 Å². The normalized spacial score (nSPS) is 10.4. The van der Waals surface area contributed by atoms with Crippen molar-refractivity contribution in [3.8, 4) is 0 Å². The molecule has 0 bridgehead atoms. The van der Waals surface area contributed by atoms with Crippen LogP contribution in [0.15, 0.2) is 18.2 Å². The van der Waals surface area contributed by atoms with Crippen molar-refractivity contribution in [3.05, 3.63) is 28.8 Å². The second kappa shape index (κ2) is 5.99. The summed E-state index contributed by atoms with van der Waals surface area (Å²) in [7, 11) is 0. The molecule has 0 atom stereocenters. The van der Waals surface area contributed by atoms with Crippen LogP contribution in [0.3, 0.4) is 0 Å². The number of halogens is 1. The molecule has 15 heavy (non-hydrogen) atoms. The third kappa shape index (κ3) is 3.11. The SMILES string of the molecule is CCCN(CC)c1ccc(Cl)cc1CO. The van der Waals surface area contributed by atoms with E-state index in [0.29, 0.717) is 5.02 Å². The minimum absolute atomic E-state index is 0.0378. The predicted molar refractivity (Wildman–Crippen MR) is 65.6 cm³/mol. The second-order valence-electron chi connectivity index (χ2n) is 3.51. The van der Waals surface area contributed by atoms with Crippen LogP contribution in [-0.2, 0) is 6.61 Å². The Morgan fingerprint density at radius 3 is 2.60 bits per heavy atom. The van der Waals surface area contributed by atoms with Gasteiger partial charge in [0.2, 0.25) is 0 Å². The summed E-state index contributed by atoms with van der Waals surface area (Å²) in [5.41, 5.74) is 1.99. The number of aliphatic hydroxyl groups excluding tert-OH is 1. The van der Waals surface area contributed by atoms with Crippen molar-refractivity contribution < 1.29 is 5.11 Å². The van der Waals surface area contributed by atoms with Crippen LogP contribution in [0.4, 0.5) is 5.69 Å². The highest BCUT2D eigenvalue weighted by atomic mass is 35.5. The van der Waals surface area contributed by atoms with E-state index in [0.717, 1.165) is 30.8 Å². The topological polar surface area (TPSA) is 23.5 Å². The quantitative estimate of drug-likeness (QED) is 0.836. The molecular formula is C12H18ClNO. The van der Waals surface area contributed by atoms with Gasteiger partial charge >= 0.3 is 0 Å². The Balaban J connectivity index is 2.99. The molecule has 0 spiro atoms. The number of benzene rings is 1. The zero-order chi connectivity index (χ0) is 11.3. The van der Waals surface area contributed by atoms with Gasteiger partial charge in [0.05, 0.1) is 6.61 Å². The van der Waals surface area contributed by atoms with Crippen molar-refractivity contribution in [2.75, 3.05) is 18.0 Å². The van der Waals surface area contributed by atoms with Gasteiger partial charge in [0.15, 0.2) is 0 Å². The third-order valence-corrected chi connectivity index (χ3v) is 2.66. The zero-order valence-corrected chi connectivity index (χ0v) is 10.1. The minimum Gasteiger partial charge on any atom is -0.392 e. The summed E-state index contributed by atoms with van der Waals surface area (Å²) >= 11 is 5.89. The molecule has 1 aromatic rings. The van der Waals surface area contributed by atoms with E-state index in [4.69, 9.17) is 11.6 Å². The summed E-state index contributed by atoms with van der Waals surface area (Å²) in [5.74, 6) is 0. The molecule has 3 heteroatoms. The van der Waals surface area contributed by atoms with Crippen LogP contribution in [0.5, 0.6) is 0 Å². The molecule has 0 saturated carbocycles. The van der Waals surface area contributed by atoms with Gasteiger partial charge in [-0.05, 0) is 31.5 Å². The van der Waals surface area contributed by atoms with Gasteiger partial charge in [0, 0.05) is 29.4 Å². The average molecular weight is 228 g/mol. The molecule has 1 aromatic carbocycles. The van der Waals surface area contributed by atoms with E-state index < -0.39 is 0 Å². The first kappa shape index (κ1) is 12.3. The van der Waals surface area contributed by atoms with Gasteiger partial charge in [-0.15, -0.1) is 0 Å². The highest BCUT2D eigenvalue weighted by molar-refractivity contribution is 6.30. The first-order chi connectivity index (χ1) is 7.22. The Hall–Kier alpha value is -0.730. The van der Waals surface area contributed by atoms with Crippen LogP contribution in [-0.4, -0.2) is 18.2 Å². The van der Waals surface area contributed by atoms with Crippen LogP contribution < -0.4 is 4.90 Å². The Morgan fingerprint density at radius 2 is 2.07 bits per heavy atom. The first-order valence-electron chi connectivity index (χ1n) is 5.37. The number of aliphatic hydroxyl groups is 1. The highest BCUT2D eigenvalue weighted by Crippen LogP contribution is 2.24. The monoisotopic (exact) mass is 227 g/mol. The molecule has 1 N–H and O–H groups in total. The van der Waals surface area contributed by atoms with E-state index in [1.54, 1.807) is 0 Å². The molecule has 84 valence electrons. The van der Waals surface area contributed by atoms with Gasteiger partial charge in [-0.25, -0.2) is 0 Å². The van der Waals surface area contributed by atoms with Crippen LogP contribution >= 0.6 is 11.6 Å². The van der Waals surface area contributed by atoms with E-state index in [-0.39, 0.29) is 6.61 Å². The van der Waals surface area contributed by atoms with Crippen molar-refractivity contribution in [1.82, 2.24) is 0 Å². The van der Waals surface area contributed by atoms with Gasteiger partial charge in [-0.3, -0.25) is 0 Å². The fourth-order valence-electron chi connectivity index (χ4n) is 1.71. The molecule has 1 rings (SSSR count). The molecule has 0 unspecified atom stereocenters. The molecule has 0 amide bonds. The first-order valence-corrected chi connectivity index (χ1v) is 5.75. The Bertz CT molecular complexity index is 314. The van der Waals surface area contributed by atoms with Crippen molar-refractivity contribution in [2.45, 2.75) is 26.9 Å². The zero-order valence-electron chi connectivity index (χ0n) is 9.33. The van der Waals surface area contributed by atoms with Crippen molar-refractivity contribution in [1.29, 1.82) is 0 Å². The maximum atomic E-state index is 9.27. The maximum absolute atomic E-state index is 9.27. The lowest BCUT2D eigenvalue weighted by atomic mass is 10.1. The van der Waals surface area contributed by atoms with Gasteiger partial charge in [-0.1, -0.05) is 18.5 Å². The van der Waals surface area contributed by atoms with Gasteiger partial charge in [0.25, 0.3) is 0 Å². The number of nitrogens with zero attached hydrogens (tertiary/aromatic N) is 1. The summed E-state index contributed by atoms with van der Waals surface area (Å²) in [5, 5.41) is 9.95. The van der Waals surface area contributed by atoms with E-state index in [1.807, 2.05) is 18.2 Å². The molecule has 0 aliphatic carbocycles.